The quantitative estimate of drug-likeness (QED) is 0.528. The molecule has 0 aliphatic carbocycles. The zero-order chi connectivity index (χ0) is 12.5. The highest BCUT2D eigenvalue weighted by Crippen LogP contribution is 2.47. The van der Waals surface area contributed by atoms with Crippen LogP contribution in [0.25, 0.3) is 4.91 Å². The number of allylic oxidation sites excluding steroid dienone is 1. The second-order valence-corrected chi connectivity index (χ2v) is 7.73. The van der Waals surface area contributed by atoms with Crippen molar-refractivity contribution in [1.82, 2.24) is 0 Å². The minimum Gasteiger partial charge on any atom is -0.263 e. The monoisotopic (exact) mass is 310 g/mol. The first-order valence-electron chi connectivity index (χ1n) is 4.34. The maximum Gasteiger partial charge on any atom is 0.408 e. The van der Waals surface area contributed by atoms with Gasteiger partial charge in [-0.2, -0.15) is 12.0 Å². The first kappa shape index (κ1) is 13.1. The Morgan fingerprint density at radius 3 is 2.53 bits per heavy atom. The molecule has 4 nitrogen and oxygen atoms in total. The van der Waals surface area contributed by atoms with Crippen LogP contribution in [-0.2, 0) is 14.0 Å². The number of halogens is 1. The van der Waals surface area contributed by atoms with Crippen molar-refractivity contribution < 1.29 is 16.6 Å². The molecule has 0 saturated carbocycles. The van der Waals surface area contributed by atoms with E-state index in [0.29, 0.717) is 5.02 Å². The van der Waals surface area contributed by atoms with Crippen molar-refractivity contribution in [2.45, 2.75) is 0 Å². The van der Waals surface area contributed by atoms with E-state index < -0.39 is 20.2 Å². The van der Waals surface area contributed by atoms with Gasteiger partial charge in [-0.3, -0.25) is 4.55 Å². The van der Waals surface area contributed by atoms with E-state index in [2.05, 4.69) is 3.63 Å². The molecule has 0 spiro atoms. The molecule has 1 unspecified atom stereocenters. The molecule has 0 fully saturated rings. The lowest BCUT2D eigenvalue weighted by atomic mass is 10.2. The van der Waals surface area contributed by atoms with E-state index in [-0.39, 0.29) is 0 Å². The first-order valence-corrected chi connectivity index (χ1v) is 8.63. The lowest BCUT2D eigenvalue weighted by Gasteiger charge is -2.04. The number of hydrogen-bond donors (Lipinski definition) is 1. The van der Waals surface area contributed by atoms with Gasteiger partial charge in [-0.1, -0.05) is 23.7 Å². The van der Waals surface area contributed by atoms with Crippen molar-refractivity contribution in [3.63, 3.8) is 0 Å². The minimum atomic E-state index is -4.41. The van der Waals surface area contributed by atoms with E-state index in [1.807, 2.05) is 12.1 Å². The summed E-state index contributed by atoms with van der Waals surface area (Å²) in [4.78, 5) is 0.869. The van der Waals surface area contributed by atoms with Crippen LogP contribution in [0.15, 0.2) is 30.3 Å². The summed E-state index contributed by atoms with van der Waals surface area (Å²) in [6.07, 6.45) is 1.75. The molecule has 1 N–H and O–H groups in total. The molecule has 1 aliphatic rings. The average Bonchev–Trinajstić information content (AvgIpc) is 2.64. The van der Waals surface area contributed by atoms with Gasteiger partial charge in [-0.25, -0.2) is 0 Å². The molecule has 1 aromatic rings. The fraction of sp³-hybridized carbons (Fsp3) is 0. The Kier molecular flexibility index (Phi) is 3.96. The molecule has 0 radical (unpaired) electrons. The Labute approximate surface area is 110 Å². The van der Waals surface area contributed by atoms with Crippen molar-refractivity contribution in [1.29, 1.82) is 0 Å². The lowest BCUT2D eigenvalue weighted by Crippen LogP contribution is -1.96. The molecule has 0 saturated heterocycles. The average molecular weight is 311 g/mol. The van der Waals surface area contributed by atoms with Gasteiger partial charge in [0.25, 0.3) is 0 Å². The number of hydrogen-bond acceptors (Lipinski definition) is 4. The Bertz CT molecular complexity index is 589. The number of benzene rings is 1. The standard InChI is InChI=1S/C9H7ClO4S3/c10-8-3-1-7(2-4-8)9-5-6-16(15-9)14-17(11,12)13/h1-6H,(H,11,12,13). The molecular formula is C9H7ClO4S3. The van der Waals surface area contributed by atoms with Crippen LogP contribution in [0, 0.1) is 0 Å². The maximum atomic E-state index is 10.5. The summed E-state index contributed by atoms with van der Waals surface area (Å²) >= 11 is 5.76. The topological polar surface area (TPSA) is 63.6 Å². The van der Waals surface area contributed by atoms with Gasteiger partial charge in [-0.05, 0) is 34.6 Å². The van der Waals surface area contributed by atoms with E-state index in [9.17, 15) is 8.42 Å². The molecular weight excluding hydrogens is 304 g/mol. The Morgan fingerprint density at radius 1 is 1.29 bits per heavy atom. The Balaban J connectivity index is 2.08. The SMILES string of the molecule is O=S(=O)(O)OS1=CC=C(c2ccc(Cl)cc2)S1. The molecule has 17 heavy (non-hydrogen) atoms. The zero-order valence-electron chi connectivity index (χ0n) is 8.24. The molecule has 1 heterocycles. The van der Waals surface area contributed by atoms with Gasteiger partial charge in [0.1, 0.15) is 0 Å². The van der Waals surface area contributed by atoms with Gasteiger partial charge >= 0.3 is 10.4 Å². The third-order valence-electron chi connectivity index (χ3n) is 1.78. The van der Waals surface area contributed by atoms with Gasteiger partial charge < -0.3 is 0 Å². The molecule has 92 valence electrons. The summed E-state index contributed by atoms with van der Waals surface area (Å²) in [7, 11) is -4.19. The summed E-state index contributed by atoms with van der Waals surface area (Å²) < 4.78 is 34.1. The van der Waals surface area contributed by atoms with E-state index in [1.165, 1.54) is 10.8 Å². The highest BCUT2D eigenvalue weighted by atomic mass is 35.5. The van der Waals surface area contributed by atoms with Gasteiger partial charge in [0.2, 0.25) is 0 Å². The highest BCUT2D eigenvalue weighted by molar-refractivity contribution is 8.86. The van der Waals surface area contributed by atoms with E-state index in [1.54, 1.807) is 23.6 Å². The van der Waals surface area contributed by atoms with Crippen LogP contribution in [0.4, 0.5) is 0 Å². The largest absolute Gasteiger partial charge is 0.408 e. The fourth-order valence-electron chi connectivity index (χ4n) is 1.14. The van der Waals surface area contributed by atoms with Crippen LogP contribution < -0.4 is 0 Å². The van der Waals surface area contributed by atoms with Crippen molar-refractivity contribution in [2.24, 2.45) is 0 Å². The van der Waals surface area contributed by atoms with Gasteiger partial charge in [-0.15, -0.1) is 0 Å². The van der Waals surface area contributed by atoms with Crippen LogP contribution in [0.1, 0.15) is 5.56 Å². The first-order chi connectivity index (χ1) is 7.94. The van der Waals surface area contributed by atoms with Gasteiger partial charge in [0, 0.05) is 25.1 Å². The molecule has 2 rings (SSSR count). The molecule has 8 heteroatoms. The molecule has 1 aliphatic heterocycles. The van der Waals surface area contributed by atoms with E-state index in [0.717, 1.165) is 10.5 Å². The van der Waals surface area contributed by atoms with Crippen molar-refractivity contribution in [2.75, 3.05) is 0 Å². The second kappa shape index (κ2) is 5.13. The molecule has 0 bridgehead atoms. The fourth-order valence-corrected chi connectivity index (χ4v) is 5.36. The van der Waals surface area contributed by atoms with Gasteiger partial charge in [0.05, 0.1) is 0 Å². The molecule has 1 aromatic carbocycles. The van der Waals surface area contributed by atoms with Crippen LogP contribution in [-0.4, -0.2) is 18.3 Å². The smallest absolute Gasteiger partial charge is 0.263 e. The van der Waals surface area contributed by atoms with Crippen molar-refractivity contribution in [3.05, 3.63) is 40.9 Å². The van der Waals surface area contributed by atoms with Gasteiger partial charge in [0.15, 0.2) is 0 Å². The second-order valence-electron chi connectivity index (χ2n) is 3.01. The maximum absolute atomic E-state index is 10.5. The Morgan fingerprint density at radius 2 is 1.94 bits per heavy atom. The highest BCUT2D eigenvalue weighted by Gasteiger charge is 2.16. The van der Waals surface area contributed by atoms with Crippen LogP contribution in [0.2, 0.25) is 5.02 Å². The molecule has 1 atom stereocenters. The summed E-state index contributed by atoms with van der Waals surface area (Å²) in [6, 6.07) is 7.15. The van der Waals surface area contributed by atoms with Crippen LogP contribution in [0.3, 0.4) is 0 Å². The summed E-state index contributed by atoms with van der Waals surface area (Å²) in [5.74, 6) is 0. The van der Waals surface area contributed by atoms with Crippen LogP contribution in [0.5, 0.6) is 0 Å². The third kappa shape index (κ3) is 3.84. The Hall–Kier alpha value is -0.310. The van der Waals surface area contributed by atoms with Crippen molar-refractivity contribution >= 4 is 52.9 Å². The third-order valence-corrected chi connectivity index (χ3v) is 6.20. The molecule has 0 amide bonds. The summed E-state index contributed by atoms with van der Waals surface area (Å²) in [6.45, 7) is 0. The predicted octanol–water partition coefficient (Wildman–Crippen LogP) is 3.15. The van der Waals surface area contributed by atoms with Crippen molar-refractivity contribution in [3.8, 4) is 0 Å². The zero-order valence-corrected chi connectivity index (χ0v) is 11.4. The number of rotatable bonds is 3. The minimum absolute atomic E-state index is 0.634. The van der Waals surface area contributed by atoms with E-state index in [4.69, 9.17) is 16.2 Å². The van der Waals surface area contributed by atoms with Crippen LogP contribution >= 0.6 is 32.2 Å². The summed E-state index contributed by atoms with van der Waals surface area (Å²) in [5, 5.41) is 2.22. The lowest BCUT2D eigenvalue weighted by molar-refractivity contribution is 0.409. The normalized spacial score (nSPS) is 19.9. The predicted molar refractivity (Wildman–Crippen MR) is 73.3 cm³/mol. The molecule has 0 aromatic heterocycles. The summed E-state index contributed by atoms with van der Waals surface area (Å²) in [5.41, 5.74) is 0.921. The van der Waals surface area contributed by atoms with E-state index >= 15 is 0 Å².